The molecular weight excluding hydrogens is 390 g/mol. The summed E-state index contributed by atoms with van der Waals surface area (Å²) >= 11 is 0. The number of benzene rings is 2. The Balaban J connectivity index is 1.97. The number of sulfone groups is 1. The van der Waals surface area contributed by atoms with Gasteiger partial charge in [0.15, 0.2) is 9.84 Å². The molecule has 8 heteroatoms. The van der Waals surface area contributed by atoms with Crippen LogP contribution >= 0.6 is 0 Å². The Morgan fingerprint density at radius 1 is 1.07 bits per heavy atom. The summed E-state index contributed by atoms with van der Waals surface area (Å²) in [5.41, 5.74) is 1.04. The summed E-state index contributed by atoms with van der Waals surface area (Å²) in [6, 6.07) is 18.0. The van der Waals surface area contributed by atoms with Crippen molar-refractivity contribution in [2.75, 3.05) is 18.7 Å². The summed E-state index contributed by atoms with van der Waals surface area (Å²) in [6.45, 7) is 0. The quantitative estimate of drug-likeness (QED) is 0.716. The van der Waals surface area contributed by atoms with Crippen LogP contribution in [0.15, 0.2) is 70.5 Å². The number of aromatic nitrogens is 1. The highest BCUT2D eigenvalue weighted by atomic mass is 32.2. The Bertz CT molecular complexity index is 1250. The lowest BCUT2D eigenvalue weighted by molar-refractivity contribution is 0.415. The molecule has 0 bridgehead atoms. The van der Waals surface area contributed by atoms with Crippen LogP contribution in [0.1, 0.15) is 5.56 Å². The normalized spacial score (nSPS) is 15.4. The number of para-hydroxylation sites is 1. The van der Waals surface area contributed by atoms with Crippen molar-refractivity contribution in [1.29, 1.82) is 0 Å². The Kier molecular flexibility index (Phi) is 4.71. The van der Waals surface area contributed by atoms with Gasteiger partial charge in [-0.2, -0.15) is 0 Å². The highest BCUT2D eigenvalue weighted by Crippen LogP contribution is 2.28. The summed E-state index contributed by atoms with van der Waals surface area (Å²) in [7, 11) is -1.91. The van der Waals surface area contributed by atoms with E-state index in [0.29, 0.717) is 28.4 Å². The topological polar surface area (TPSA) is 89.8 Å². The summed E-state index contributed by atoms with van der Waals surface area (Å²) in [6.07, 6.45) is 2.59. The summed E-state index contributed by atoms with van der Waals surface area (Å²) in [5, 5.41) is 2.90. The molecule has 0 spiro atoms. The van der Waals surface area contributed by atoms with Gasteiger partial charge in [0.25, 0.3) is 5.56 Å². The SMILES string of the molecule is COc1ccc(-c2cc3c(n(-c4ccccc4)c2=O)NC(S(C)(=O)=O)N=C3)cc1. The molecule has 2 aromatic carbocycles. The highest BCUT2D eigenvalue weighted by Gasteiger charge is 2.27. The summed E-state index contributed by atoms with van der Waals surface area (Å²) in [5.74, 6) is 1.08. The zero-order valence-corrected chi connectivity index (χ0v) is 16.7. The molecule has 1 aliphatic heterocycles. The van der Waals surface area contributed by atoms with Gasteiger partial charge in [-0.1, -0.05) is 30.3 Å². The molecule has 4 rings (SSSR count). The predicted molar refractivity (Wildman–Crippen MR) is 114 cm³/mol. The lowest BCUT2D eigenvalue weighted by atomic mass is 10.0. The number of pyridine rings is 1. The minimum Gasteiger partial charge on any atom is -0.497 e. The molecule has 0 saturated carbocycles. The number of rotatable bonds is 4. The van der Waals surface area contributed by atoms with E-state index in [1.807, 2.05) is 30.3 Å². The number of anilines is 1. The van der Waals surface area contributed by atoms with E-state index in [9.17, 15) is 13.2 Å². The third-order valence-corrected chi connectivity index (χ3v) is 5.71. The Morgan fingerprint density at radius 2 is 1.76 bits per heavy atom. The standard InChI is InChI=1S/C21H19N3O4S/c1-28-17-10-8-14(9-11-17)18-12-15-13-22-21(29(2,26)27)23-19(15)24(20(18)25)16-6-4-3-5-7-16/h3-13,21,23H,1-2H3. The van der Waals surface area contributed by atoms with Gasteiger partial charge in [0.2, 0.25) is 5.50 Å². The van der Waals surface area contributed by atoms with Gasteiger partial charge in [-0.3, -0.25) is 14.4 Å². The van der Waals surface area contributed by atoms with E-state index >= 15 is 0 Å². The second-order valence-electron chi connectivity index (χ2n) is 6.67. The van der Waals surface area contributed by atoms with Gasteiger partial charge in [0, 0.05) is 23.6 Å². The molecule has 0 amide bonds. The lowest BCUT2D eigenvalue weighted by Gasteiger charge is -2.25. The van der Waals surface area contributed by atoms with Gasteiger partial charge in [-0.05, 0) is 35.9 Å². The summed E-state index contributed by atoms with van der Waals surface area (Å²) < 4.78 is 30.7. The molecule has 29 heavy (non-hydrogen) atoms. The number of nitrogens with zero attached hydrogens (tertiary/aromatic N) is 2. The van der Waals surface area contributed by atoms with Crippen LogP contribution in [0.25, 0.3) is 16.8 Å². The van der Waals surface area contributed by atoms with Crippen molar-refractivity contribution in [3.8, 4) is 22.6 Å². The second-order valence-corrected chi connectivity index (χ2v) is 8.78. The fourth-order valence-electron chi connectivity index (χ4n) is 3.20. The monoisotopic (exact) mass is 409 g/mol. The number of ether oxygens (including phenoxy) is 1. The van der Waals surface area contributed by atoms with Gasteiger partial charge in [0.1, 0.15) is 11.6 Å². The van der Waals surface area contributed by atoms with E-state index in [4.69, 9.17) is 4.74 Å². The van der Waals surface area contributed by atoms with Gasteiger partial charge in [-0.25, -0.2) is 8.42 Å². The van der Waals surface area contributed by atoms with Crippen molar-refractivity contribution in [3.63, 3.8) is 0 Å². The highest BCUT2D eigenvalue weighted by molar-refractivity contribution is 7.91. The number of hydrogen-bond donors (Lipinski definition) is 1. The number of aliphatic imine (C=N–C) groups is 1. The van der Waals surface area contributed by atoms with Crippen molar-refractivity contribution in [2.45, 2.75) is 5.50 Å². The predicted octanol–water partition coefficient (Wildman–Crippen LogP) is 2.69. The van der Waals surface area contributed by atoms with Gasteiger partial charge in [-0.15, -0.1) is 0 Å². The average Bonchev–Trinajstić information content (AvgIpc) is 2.73. The molecule has 148 valence electrons. The maximum absolute atomic E-state index is 13.5. The van der Waals surface area contributed by atoms with Crippen LogP contribution in [0.4, 0.5) is 5.82 Å². The van der Waals surface area contributed by atoms with Crippen molar-refractivity contribution in [2.24, 2.45) is 4.99 Å². The molecule has 3 aromatic rings. The third kappa shape index (κ3) is 3.54. The van der Waals surface area contributed by atoms with Crippen LogP contribution in [0.5, 0.6) is 5.75 Å². The average molecular weight is 409 g/mol. The molecule has 0 fully saturated rings. The first kappa shape index (κ1) is 18.9. The van der Waals surface area contributed by atoms with Crippen LogP contribution in [-0.4, -0.2) is 38.1 Å². The molecule has 0 aliphatic carbocycles. The van der Waals surface area contributed by atoms with Crippen LogP contribution in [-0.2, 0) is 9.84 Å². The Morgan fingerprint density at radius 3 is 2.38 bits per heavy atom. The molecule has 1 aliphatic rings. The number of methoxy groups -OCH3 is 1. The molecular formula is C21H19N3O4S. The second kappa shape index (κ2) is 7.21. The first-order valence-electron chi connectivity index (χ1n) is 8.87. The van der Waals surface area contributed by atoms with Crippen LogP contribution < -0.4 is 15.6 Å². The minimum absolute atomic E-state index is 0.268. The van der Waals surface area contributed by atoms with Crippen molar-refractivity contribution < 1.29 is 13.2 Å². The zero-order valence-electron chi connectivity index (χ0n) is 15.9. The minimum atomic E-state index is -3.49. The van der Waals surface area contributed by atoms with Crippen LogP contribution in [0, 0.1) is 0 Å². The Hall–Kier alpha value is -3.39. The van der Waals surface area contributed by atoms with Gasteiger partial charge in [0.05, 0.1) is 12.8 Å². The molecule has 7 nitrogen and oxygen atoms in total. The van der Waals surface area contributed by atoms with E-state index in [0.717, 1.165) is 11.8 Å². The van der Waals surface area contributed by atoms with Crippen molar-refractivity contribution in [1.82, 2.24) is 4.57 Å². The van der Waals surface area contributed by atoms with E-state index in [1.165, 1.54) is 10.8 Å². The van der Waals surface area contributed by atoms with E-state index in [2.05, 4.69) is 10.3 Å². The molecule has 1 N–H and O–H groups in total. The Labute approximate surface area is 168 Å². The number of hydrogen-bond acceptors (Lipinski definition) is 6. The maximum Gasteiger partial charge on any atom is 0.264 e. The van der Waals surface area contributed by atoms with Gasteiger partial charge < -0.3 is 10.1 Å². The van der Waals surface area contributed by atoms with Crippen molar-refractivity contribution >= 4 is 21.9 Å². The largest absolute Gasteiger partial charge is 0.497 e. The fourth-order valence-corrected chi connectivity index (χ4v) is 3.81. The zero-order chi connectivity index (χ0) is 20.6. The first-order chi connectivity index (χ1) is 13.9. The van der Waals surface area contributed by atoms with E-state index < -0.39 is 15.3 Å². The summed E-state index contributed by atoms with van der Waals surface area (Å²) in [4.78, 5) is 17.6. The molecule has 1 unspecified atom stereocenters. The number of nitrogens with one attached hydrogen (secondary N) is 1. The van der Waals surface area contributed by atoms with Crippen LogP contribution in [0.3, 0.4) is 0 Å². The molecule has 2 heterocycles. The molecule has 1 aromatic heterocycles. The van der Waals surface area contributed by atoms with Gasteiger partial charge >= 0.3 is 0 Å². The van der Waals surface area contributed by atoms with E-state index in [1.54, 1.807) is 37.4 Å². The smallest absolute Gasteiger partial charge is 0.264 e. The van der Waals surface area contributed by atoms with Crippen molar-refractivity contribution in [3.05, 3.63) is 76.6 Å². The maximum atomic E-state index is 13.5. The first-order valence-corrected chi connectivity index (χ1v) is 10.8. The molecule has 0 saturated heterocycles. The number of fused-ring (bicyclic) bond motifs is 1. The lowest BCUT2D eigenvalue weighted by Crippen LogP contribution is -2.35. The molecule has 0 radical (unpaired) electrons. The fraction of sp³-hybridized carbons (Fsp3) is 0.143. The van der Waals surface area contributed by atoms with E-state index in [-0.39, 0.29) is 5.56 Å². The third-order valence-electron chi connectivity index (χ3n) is 4.66. The molecule has 1 atom stereocenters. The van der Waals surface area contributed by atoms with Crippen LogP contribution in [0.2, 0.25) is 0 Å².